The van der Waals surface area contributed by atoms with Crippen LogP contribution in [0.25, 0.3) is 16.8 Å². The van der Waals surface area contributed by atoms with E-state index in [1.807, 2.05) is 73.3 Å². The van der Waals surface area contributed by atoms with Gasteiger partial charge in [0.2, 0.25) is 0 Å². The molecule has 1 aromatic heterocycles. The minimum Gasteiger partial charge on any atom is -0.452 e. The van der Waals surface area contributed by atoms with Gasteiger partial charge < -0.3 is 15.8 Å². The Bertz CT molecular complexity index is 1230. The van der Waals surface area contributed by atoms with Crippen LogP contribution >= 0.6 is 22.9 Å². The monoisotopic (exact) mass is 664 g/mol. The number of carbonyl (C=O) groups is 3. The minimum atomic E-state index is -1.04. The molecule has 0 fully saturated rings. The van der Waals surface area contributed by atoms with Crippen molar-refractivity contribution in [2.75, 3.05) is 7.05 Å². The Kier molecular flexibility index (Phi) is 13.6. The van der Waals surface area contributed by atoms with E-state index >= 15 is 0 Å². The lowest BCUT2D eigenvalue weighted by Crippen LogP contribution is -2.52. The quantitative estimate of drug-likeness (QED) is 0.103. The van der Waals surface area contributed by atoms with Gasteiger partial charge in [0.15, 0.2) is 6.10 Å². The van der Waals surface area contributed by atoms with Crippen LogP contribution in [0, 0.1) is 11.8 Å². The van der Waals surface area contributed by atoms with Crippen LogP contribution in [0.2, 0.25) is 0 Å². The molecule has 0 saturated heterocycles. The van der Waals surface area contributed by atoms with E-state index in [0.29, 0.717) is 19.3 Å². The Morgan fingerprint density at radius 2 is 1.85 bits per heavy atom. The van der Waals surface area contributed by atoms with Gasteiger partial charge in [-0.15, -0.1) is 0 Å². The van der Waals surface area contributed by atoms with Crippen LogP contribution in [-0.4, -0.2) is 47.7 Å². The molecule has 4 atom stereocenters. The van der Waals surface area contributed by atoms with E-state index in [4.69, 9.17) is 10.5 Å². The second-order valence-electron chi connectivity index (χ2n) is 10.3. The number of benzene rings is 1. The molecule has 218 valence electrons. The number of allylic oxidation sites excluding steroid dienone is 1. The SMILES string of the molecule is CNNC(=O)[C@H](C)NC(=O)[C@@H](OC(=O)[C@@H](C/C=C/c1cc2cc([C@@H](C)N)ccc2cn1)CC/C(C)=N\I)C(C)C. The van der Waals surface area contributed by atoms with Crippen molar-refractivity contribution in [3.8, 4) is 0 Å². The summed E-state index contributed by atoms with van der Waals surface area (Å²) in [5.74, 6) is -2.18. The zero-order valence-electron chi connectivity index (χ0n) is 24.0. The van der Waals surface area contributed by atoms with E-state index in [0.717, 1.165) is 27.7 Å². The molecule has 0 aliphatic heterocycles. The number of hydrazine groups is 1. The van der Waals surface area contributed by atoms with Gasteiger partial charge in [0.05, 0.1) is 34.5 Å². The summed E-state index contributed by atoms with van der Waals surface area (Å²) in [7, 11) is 1.55. The van der Waals surface area contributed by atoms with Gasteiger partial charge in [0.1, 0.15) is 6.04 Å². The molecule has 0 bridgehead atoms. The fourth-order valence-corrected chi connectivity index (χ4v) is 4.21. The lowest BCUT2D eigenvalue weighted by atomic mass is 9.97. The van der Waals surface area contributed by atoms with E-state index in [-0.39, 0.29) is 12.0 Å². The summed E-state index contributed by atoms with van der Waals surface area (Å²) >= 11 is 1.94. The second kappa shape index (κ2) is 16.4. The third-order valence-corrected chi connectivity index (χ3v) is 7.26. The zero-order chi connectivity index (χ0) is 29.8. The fraction of sp³-hybridized carbons (Fsp3) is 0.483. The Hall–Kier alpha value is -2.90. The van der Waals surface area contributed by atoms with Gasteiger partial charge in [-0.05, 0) is 75.1 Å². The number of aromatic nitrogens is 1. The highest BCUT2D eigenvalue weighted by Crippen LogP contribution is 2.22. The second-order valence-corrected chi connectivity index (χ2v) is 10.8. The lowest BCUT2D eigenvalue weighted by Gasteiger charge is -2.25. The van der Waals surface area contributed by atoms with Crippen molar-refractivity contribution in [3.05, 3.63) is 47.8 Å². The number of halogens is 1. The number of hydrogen-bond acceptors (Lipinski definition) is 8. The zero-order valence-corrected chi connectivity index (χ0v) is 26.2. The predicted molar refractivity (Wildman–Crippen MR) is 167 cm³/mol. The first-order valence-corrected chi connectivity index (χ1v) is 14.4. The summed E-state index contributed by atoms with van der Waals surface area (Å²) in [6, 6.07) is 7.19. The van der Waals surface area contributed by atoms with Crippen LogP contribution in [0.3, 0.4) is 0 Å². The Morgan fingerprint density at radius 3 is 2.48 bits per heavy atom. The number of nitrogens with two attached hydrogens (primary N) is 1. The topological polar surface area (TPSA) is 148 Å². The van der Waals surface area contributed by atoms with Crippen molar-refractivity contribution in [2.24, 2.45) is 20.8 Å². The number of esters is 1. The van der Waals surface area contributed by atoms with E-state index < -0.39 is 35.8 Å². The molecule has 0 spiro atoms. The molecule has 2 rings (SSSR count). The molecule has 2 aromatic rings. The molecule has 0 saturated carbocycles. The van der Waals surface area contributed by atoms with E-state index in [1.165, 1.54) is 0 Å². The highest BCUT2D eigenvalue weighted by molar-refractivity contribution is 14.1. The standard InChI is InChI=1S/C29H41IN6O4/c1-17(2)26(28(38)34-20(5)27(37)36-32-6)40-29(39)21(11-10-18(3)35-30)8-7-9-25-15-24-14-22(19(4)31)12-13-23(24)16-33-25/h7,9,12-17,19-21,26,32H,8,10-11,31H2,1-6H3,(H,34,38)(H,36,37)/b9-7+,35-18-/t19-,20+,21+,26+/m1/s1. The number of nitrogens with one attached hydrogen (secondary N) is 3. The fourth-order valence-electron chi connectivity index (χ4n) is 3.97. The average Bonchev–Trinajstić information content (AvgIpc) is 2.92. The first-order chi connectivity index (χ1) is 19.0. The molecule has 0 aliphatic carbocycles. The van der Waals surface area contributed by atoms with Gasteiger partial charge >= 0.3 is 5.97 Å². The molecule has 10 nitrogen and oxygen atoms in total. The number of rotatable bonds is 14. The van der Waals surface area contributed by atoms with Crippen LogP contribution in [0.5, 0.6) is 0 Å². The normalized spacial score (nSPS) is 15.1. The van der Waals surface area contributed by atoms with Gasteiger partial charge in [0, 0.05) is 30.4 Å². The number of nitrogens with zero attached hydrogens (tertiary/aromatic N) is 2. The van der Waals surface area contributed by atoms with Gasteiger partial charge in [-0.2, -0.15) is 0 Å². The number of hydrogen-bond donors (Lipinski definition) is 4. The number of carbonyl (C=O) groups excluding carboxylic acids is 3. The van der Waals surface area contributed by atoms with Crippen LogP contribution in [0.4, 0.5) is 0 Å². The van der Waals surface area contributed by atoms with Crippen LogP contribution in [0.15, 0.2) is 39.7 Å². The largest absolute Gasteiger partial charge is 0.452 e. The van der Waals surface area contributed by atoms with Gasteiger partial charge in [-0.25, -0.2) is 8.63 Å². The molecule has 0 unspecified atom stereocenters. The highest BCUT2D eigenvalue weighted by Gasteiger charge is 2.31. The number of fused-ring (bicyclic) bond motifs is 1. The Balaban J connectivity index is 2.18. The number of ether oxygens (including phenoxy) is 1. The highest BCUT2D eigenvalue weighted by atomic mass is 127. The molecule has 0 aliphatic rings. The molecular weight excluding hydrogens is 623 g/mol. The molecule has 40 heavy (non-hydrogen) atoms. The van der Waals surface area contributed by atoms with Crippen LogP contribution < -0.4 is 21.9 Å². The summed E-state index contributed by atoms with van der Waals surface area (Å²) in [6.45, 7) is 8.99. The third kappa shape index (κ3) is 10.3. The predicted octanol–water partition coefficient (Wildman–Crippen LogP) is 4.19. The van der Waals surface area contributed by atoms with Crippen molar-refractivity contribution in [1.82, 2.24) is 21.2 Å². The van der Waals surface area contributed by atoms with Gasteiger partial charge in [-0.1, -0.05) is 32.1 Å². The third-order valence-electron chi connectivity index (χ3n) is 6.44. The average molecular weight is 665 g/mol. The number of amides is 2. The van der Waals surface area contributed by atoms with Crippen molar-refractivity contribution in [1.29, 1.82) is 0 Å². The number of pyridine rings is 1. The maximum absolute atomic E-state index is 13.3. The van der Waals surface area contributed by atoms with Gasteiger partial charge in [0.25, 0.3) is 11.8 Å². The maximum Gasteiger partial charge on any atom is 0.310 e. The summed E-state index contributed by atoms with van der Waals surface area (Å²) in [6.07, 6.45) is 6.09. The minimum absolute atomic E-state index is 0.0664. The van der Waals surface area contributed by atoms with Crippen LogP contribution in [-0.2, 0) is 19.1 Å². The molecule has 5 N–H and O–H groups in total. The lowest BCUT2D eigenvalue weighted by molar-refractivity contribution is -0.163. The maximum atomic E-state index is 13.3. The molecule has 2 amide bonds. The van der Waals surface area contributed by atoms with E-state index in [1.54, 1.807) is 27.8 Å². The first-order valence-electron chi connectivity index (χ1n) is 13.4. The smallest absolute Gasteiger partial charge is 0.310 e. The summed E-state index contributed by atoms with van der Waals surface area (Å²) in [4.78, 5) is 42.7. The molecule has 1 aromatic carbocycles. The Labute approximate surface area is 250 Å². The Morgan fingerprint density at radius 1 is 1.12 bits per heavy atom. The van der Waals surface area contributed by atoms with Crippen LogP contribution in [0.1, 0.15) is 71.2 Å². The van der Waals surface area contributed by atoms with Crippen molar-refractivity contribution >= 4 is 63.2 Å². The van der Waals surface area contributed by atoms with Crippen molar-refractivity contribution in [3.63, 3.8) is 0 Å². The van der Waals surface area contributed by atoms with Gasteiger partial charge in [-0.3, -0.25) is 24.8 Å². The summed E-state index contributed by atoms with van der Waals surface area (Å²) in [5, 5.41) is 4.68. The van der Waals surface area contributed by atoms with E-state index in [9.17, 15) is 14.4 Å². The van der Waals surface area contributed by atoms with Crippen molar-refractivity contribution < 1.29 is 19.1 Å². The molecule has 1 heterocycles. The summed E-state index contributed by atoms with van der Waals surface area (Å²) < 4.78 is 9.91. The van der Waals surface area contributed by atoms with E-state index in [2.05, 4.69) is 30.4 Å². The molecule has 11 heteroatoms. The molecule has 0 radical (unpaired) electrons. The summed E-state index contributed by atoms with van der Waals surface area (Å²) in [5.41, 5.74) is 13.7. The van der Waals surface area contributed by atoms with Crippen molar-refractivity contribution in [2.45, 2.75) is 72.1 Å². The molecular formula is C29H41IN6O4. The first kappa shape index (κ1) is 33.3.